The maximum Gasteiger partial charge on any atom is 0.234 e. The molecule has 1 aliphatic carbocycles. The number of hydrogen-bond donors (Lipinski definition) is 0. The van der Waals surface area contributed by atoms with Gasteiger partial charge in [-0.2, -0.15) is 0 Å². The molecule has 1 aromatic rings. The molecule has 0 atom stereocenters. The zero-order chi connectivity index (χ0) is 11.6. The molecule has 0 spiro atoms. The lowest BCUT2D eigenvalue weighted by Gasteiger charge is -2.16. The van der Waals surface area contributed by atoms with Crippen LogP contribution in [-0.4, -0.2) is 19.7 Å². The zero-order valence-corrected chi connectivity index (χ0v) is 9.00. The van der Waals surface area contributed by atoms with Crippen molar-refractivity contribution in [2.24, 2.45) is 4.99 Å². The van der Waals surface area contributed by atoms with Crippen LogP contribution in [0, 0.1) is 5.82 Å². The van der Waals surface area contributed by atoms with E-state index in [4.69, 9.17) is 4.74 Å². The van der Waals surface area contributed by atoms with Crippen LogP contribution in [-0.2, 0) is 10.2 Å². The molecule has 0 N–H and O–H groups in total. The van der Waals surface area contributed by atoms with Gasteiger partial charge in [0.05, 0.1) is 13.7 Å². The molecule has 1 aromatic carbocycles. The first kappa shape index (κ1) is 10.8. The van der Waals surface area contributed by atoms with Crippen molar-refractivity contribution in [3.05, 3.63) is 29.6 Å². The Hall–Kier alpha value is -1.67. The SMILES string of the molecule is COc1ccc(F)cc1C1(CN=C=O)CC1. The summed E-state index contributed by atoms with van der Waals surface area (Å²) in [5.74, 6) is 0.358. The first-order valence-corrected chi connectivity index (χ1v) is 5.09. The van der Waals surface area contributed by atoms with E-state index in [1.54, 1.807) is 13.2 Å². The van der Waals surface area contributed by atoms with Gasteiger partial charge in [0.25, 0.3) is 0 Å². The van der Waals surface area contributed by atoms with Gasteiger partial charge in [0.2, 0.25) is 6.08 Å². The number of carbonyl (C=O) groups excluding carboxylic acids is 1. The molecule has 1 saturated carbocycles. The van der Waals surface area contributed by atoms with E-state index in [-0.39, 0.29) is 11.2 Å². The average Bonchev–Trinajstić information content (AvgIpc) is 3.07. The number of benzene rings is 1. The fraction of sp³-hybridized carbons (Fsp3) is 0.417. The highest BCUT2D eigenvalue weighted by atomic mass is 19.1. The first-order valence-electron chi connectivity index (χ1n) is 5.09. The van der Waals surface area contributed by atoms with Gasteiger partial charge in [0.1, 0.15) is 11.6 Å². The van der Waals surface area contributed by atoms with Crippen LogP contribution in [0.3, 0.4) is 0 Å². The summed E-state index contributed by atoms with van der Waals surface area (Å²) in [6.45, 7) is 0.357. The van der Waals surface area contributed by atoms with Gasteiger partial charge in [-0.25, -0.2) is 14.2 Å². The smallest absolute Gasteiger partial charge is 0.234 e. The van der Waals surface area contributed by atoms with Crippen molar-refractivity contribution < 1.29 is 13.9 Å². The highest BCUT2D eigenvalue weighted by Crippen LogP contribution is 2.51. The van der Waals surface area contributed by atoms with E-state index >= 15 is 0 Å². The van der Waals surface area contributed by atoms with Gasteiger partial charge in [0.15, 0.2) is 0 Å². The quantitative estimate of drug-likeness (QED) is 0.577. The summed E-state index contributed by atoms with van der Waals surface area (Å²) in [6, 6.07) is 4.43. The zero-order valence-electron chi connectivity index (χ0n) is 9.00. The topological polar surface area (TPSA) is 38.7 Å². The van der Waals surface area contributed by atoms with Crippen LogP contribution in [0.1, 0.15) is 18.4 Å². The average molecular weight is 221 g/mol. The maximum absolute atomic E-state index is 13.2. The van der Waals surface area contributed by atoms with Crippen LogP contribution in [0.4, 0.5) is 4.39 Å². The largest absolute Gasteiger partial charge is 0.496 e. The van der Waals surface area contributed by atoms with E-state index in [1.807, 2.05) is 0 Å². The standard InChI is InChI=1S/C12H12FNO2/c1-16-11-3-2-9(13)6-10(11)12(4-5-12)7-14-8-15/h2-3,6H,4-5,7H2,1H3. The number of isocyanates is 1. The lowest BCUT2D eigenvalue weighted by atomic mass is 9.95. The molecular formula is C12H12FNO2. The molecule has 84 valence electrons. The van der Waals surface area contributed by atoms with Crippen molar-refractivity contribution in [1.82, 2.24) is 0 Å². The number of rotatable bonds is 4. The predicted octanol–water partition coefficient (Wildman–Crippen LogP) is 2.20. The molecule has 0 radical (unpaired) electrons. The Labute approximate surface area is 93.0 Å². The molecule has 0 heterocycles. The Kier molecular flexibility index (Phi) is 2.75. The summed E-state index contributed by atoms with van der Waals surface area (Å²) in [6.07, 6.45) is 3.33. The van der Waals surface area contributed by atoms with Crippen LogP contribution < -0.4 is 4.74 Å². The minimum absolute atomic E-state index is 0.217. The second-order valence-electron chi connectivity index (χ2n) is 4.03. The summed E-state index contributed by atoms with van der Waals surface area (Å²) < 4.78 is 18.4. The van der Waals surface area contributed by atoms with E-state index in [2.05, 4.69) is 4.99 Å². The van der Waals surface area contributed by atoms with Crippen molar-refractivity contribution in [2.75, 3.05) is 13.7 Å². The van der Waals surface area contributed by atoms with Crippen LogP contribution in [0.2, 0.25) is 0 Å². The third-order valence-electron chi connectivity index (χ3n) is 3.03. The lowest BCUT2D eigenvalue weighted by molar-refractivity contribution is 0.402. The maximum atomic E-state index is 13.2. The first-order chi connectivity index (χ1) is 7.72. The molecule has 0 bridgehead atoms. The van der Waals surface area contributed by atoms with Crippen molar-refractivity contribution in [3.8, 4) is 5.75 Å². The summed E-state index contributed by atoms with van der Waals surface area (Å²) in [5.41, 5.74) is 0.583. The molecule has 0 saturated heterocycles. The van der Waals surface area contributed by atoms with Gasteiger partial charge in [-0.15, -0.1) is 0 Å². The van der Waals surface area contributed by atoms with Gasteiger partial charge in [-0.05, 0) is 31.0 Å². The minimum atomic E-state index is -0.294. The molecule has 1 fully saturated rings. The van der Waals surface area contributed by atoms with E-state index in [1.165, 1.54) is 18.2 Å². The van der Waals surface area contributed by atoms with E-state index in [0.717, 1.165) is 18.4 Å². The van der Waals surface area contributed by atoms with Crippen molar-refractivity contribution >= 4 is 6.08 Å². The molecule has 1 aliphatic rings. The minimum Gasteiger partial charge on any atom is -0.496 e. The second kappa shape index (κ2) is 4.06. The Morgan fingerprint density at radius 2 is 2.31 bits per heavy atom. The molecule has 0 unspecified atom stereocenters. The number of methoxy groups -OCH3 is 1. The van der Waals surface area contributed by atoms with Crippen LogP contribution in [0.15, 0.2) is 23.2 Å². The Balaban J connectivity index is 2.38. The van der Waals surface area contributed by atoms with Gasteiger partial charge in [-0.3, -0.25) is 0 Å². The Bertz CT molecular complexity index is 448. The molecule has 4 heteroatoms. The molecule has 3 nitrogen and oxygen atoms in total. The summed E-state index contributed by atoms with van der Waals surface area (Å²) in [4.78, 5) is 13.7. The lowest BCUT2D eigenvalue weighted by Crippen LogP contribution is -2.12. The molecule has 16 heavy (non-hydrogen) atoms. The van der Waals surface area contributed by atoms with E-state index in [9.17, 15) is 9.18 Å². The molecule has 0 aliphatic heterocycles. The highest BCUT2D eigenvalue weighted by molar-refractivity contribution is 5.45. The fourth-order valence-electron chi connectivity index (χ4n) is 1.94. The summed E-state index contributed by atoms with van der Waals surface area (Å²) >= 11 is 0. The van der Waals surface area contributed by atoms with Crippen LogP contribution >= 0.6 is 0 Å². The van der Waals surface area contributed by atoms with E-state index < -0.39 is 0 Å². The number of nitrogens with zero attached hydrogens (tertiary/aromatic N) is 1. The van der Waals surface area contributed by atoms with Gasteiger partial charge in [-0.1, -0.05) is 0 Å². The van der Waals surface area contributed by atoms with Crippen LogP contribution in [0.25, 0.3) is 0 Å². The van der Waals surface area contributed by atoms with Crippen molar-refractivity contribution in [1.29, 1.82) is 0 Å². The normalized spacial score (nSPS) is 16.4. The molecule has 0 aromatic heterocycles. The van der Waals surface area contributed by atoms with Crippen molar-refractivity contribution in [3.63, 3.8) is 0 Å². The predicted molar refractivity (Wildman–Crippen MR) is 56.9 cm³/mol. The number of hydrogen-bond acceptors (Lipinski definition) is 3. The van der Waals surface area contributed by atoms with Gasteiger partial charge < -0.3 is 4.74 Å². The Morgan fingerprint density at radius 3 is 2.88 bits per heavy atom. The van der Waals surface area contributed by atoms with Crippen LogP contribution in [0.5, 0.6) is 5.75 Å². The third kappa shape index (κ3) is 1.84. The van der Waals surface area contributed by atoms with Gasteiger partial charge in [0, 0.05) is 11.0 Å². The molecule has 2 rings (SSSR count). The van der Waals surface area contributed by atoms with Gasteiger partial charge >= 0.3 is 0 Å². The number of aliphatic imine (C=N–C) groups is 1. The Morgan fingerprint density at radius 1 is 1.56 bits per heavy atom. The second-order valence-corrected chi connectivity index (χ2v) is 4.03. The summed E-state index contributed by atoms with van der Waals surface area (Å²) in [5, 5.41) is 0. The third-order valence-corrected chi connectivity index (χ3v) is 3.03. The number of halogens is 1. The van der Waals surface area contributed by atoms with Crippen molar-refractivity contribution in [2.45, 2.75) is 18.3 Å². The molecular weight excluding hydrogens is 209 g/mol. The van der Waals surface area contributed by atoms with E-state index in [0.29, 0.717) is 12.3 Å². The highest BCUT2D eigenvalue weighted by Gasteiger charge is 2.46. The molecule has 0 amide bonds. The number of ether oxygens (including phenoxy) is 1. The summed E-state index contributed by atoms with van der Waals surface area (Å²) in [7, 11) is 1.55. The fourth-order valence-corrected chi connectivity index (χ4v) is 1.94. The monoisotopic (exact) mass is 221 g/mol.